The van der Waals surface area contributed by atoms with Gasteiger partial charge in [-0.2, -0.15) is 0 Å². The summed E-state index contributed by atoms with van der Waals surface area (Å²) in [5.74, 6) is 0.256. The average molecular weight is 180 g/mol. The van der Waals surface area contributed by atoms with Crippen LogP contribution >= 0.6 is 0 Å². The molecule has 70 valence electrons. The van der Waals surface area contributed by atoms with Crippen molar-refractivity contribution in [3.63, 3.8) is 0 Å². The van der Waals surface area contributed by atoms with Crippen LogP contribution in [0, 0.1) is 0 Å². The molecule has 0 atom stereocenters. The Morgan fingerprint density at radius 2 is 2.23 bits per heavy atom. The SMILES string of the molecule is COc1ncccc1C(=O)N(C)C. The van der Waals surface area contributed by atoms with Crippen LogP contribution in [0.4, 0.5) is 0 Å². The van der Waals surface area contributed by atoms with Gasteiger partial charge in [0.05, 0.1) is 7.11 Å². The molecule has 0 saturated heterocycles. The summed E-state index contributed by atoms with van der Waals surface area (Å²) in [5.41, 5.74) is 0.481. The van der Waals surface area contributed by atoms with Crippen LogP contribution in [0.3, 0.4) is 0 Å². The lowest BCUT2D eigenvalue weighted by Gasteiger charge is -2.11. The van der Waals surface area contributed by atoms with Gasteiger partial charge in [-0.1, -0.05) is 0 Å². The van der Waals surface area contributed by atoms with Gasteiger partial charge in [0, 0.05) is 20.3 Å². The third-order valence-electron chi connectivity index (χ3n) is 1.60. The average Bonchev–Trinajstić information content (AvgIpc) is 2.16. The van der Waals surface area contributed by atoms with E-state index in [0.29, 0.717) is 11.4 Å². The van der Waals surface area contributed by atoms with E-state index in [-0.39, 0.29) is 5.91 Å². The molecule has 1 amide bonds. The second kappa shape index (κ2) is 3.89. The fourth-order valence-electron chi connectivity index (χ4n) is 0.957. The third kappa shape index (κ3) is 1.96. The van der Waals surface area contributed by atoms with E-state index in [9.17, 15) is 4.79 Å². The Balaban J connectivity index is 3.06. The number of aromatic nitrogens is 1. The molecule has 0 N–H and O–H groups in total. The first-order valence-corrected chi connectivity index (χ1v) is 3.87. The quantitative estimate of drug-likeness (QED) is 0.675. The maximum absolute atomic E-state index is 11.5. The summed E-state index contributed by atoms with van der Waals surface area (Å²) >= 11 is 0. The minimum atomic E-state index is -0.107. The Kier molecular flexibility index (Phi) is 2.84. The monoisotopic (exact) mass is 180 g/mol. The molecule has 0 radical (unpaired) electrons. The maximum Gasteiger partial charge on any atom is 0.258 e. The Hall–Kier alpha value is -1.58. The first kappa shape index (κ1) is 9.51. The number of nitrogens with zero attached hydrogens (tertiary/aromatic N) is 2. The van der Waals surface area contributed by atoms with Crippen molar-refractivity contribution in [1.29, 1.82) is 0 Å². The van der Waals surface area contributed by atoms with Crippen molar-refractivity contribution in [2.75, 3.05) is 21.2 Å². The topological polar surface area (TPSA) is 42.4 Å². The van der Waals surface area contributed by atoms with Crippen molar-refractivity contribution >= 4 is 5.91 Å². The summed E-state index contributed by atoms with van der Waals surface area (Å²) in [7, 11) is 4.87. The second-order valence-corrected chi connectivity index (χ2v) is 2.76. The fourth-order valence-corrected chi connectivity index (χ4v) is 0.957. The molecule has 0 aromatic carbocycles. The van der Waals surface area contributed by atoms with E-state index >= 15 is 0 Å². The molecule has 0 saturated carbocycles. The highest BCUT2D eigenvalue weighted by Gasteiger charge is 2.13. The second-order valence-electron chi connectivity index (χ2n) is 2.76. The van der Waals surface area contributed by atoms with Crippen molar-refractivity contribution in [1.82, 2.24) is 9.88 Å². The van der Waals surface area contributed by atoms with Gasteiger partial charge in [0.2, 0.25) is 5.88 Å². The van der Waals surface area contributed by atoms with E-state index in [1.54, 1.807) is 32.4 Å². The molecule has 0 bridgehead atoms. The van der Waals surface area contributed by atoms with Crippen LogP contribution < -0.4 is 4.74 Å². The summed E-state index contributed by atoms with van der Waals surface area (Å²) < 4.78 is 4.96. The number of carbonyl (C=O) groups is 1. The van der Waals surface area contributed by atoms with Crippen molar-refractivity contribution in [3.05, 3.63) is 23.9 Å². The van der Waals surface area contributed by atoms with Gasteiger partial charge in [-0.25, -0.2) is 4.98 Å². The zero-order chi connectivity index (χ0) is 9.84. The summed E-state index contributed by atoms with van der Waals surface area (Å²) in [4.78, 5) is 16.9. The zero-order valence-corrected chi connectivity index (χ0v) is 7.94. The van der Waals surface area contributed by atoms with Crippen LogP contribution in [-0.2, 0) is 0 Å². The predicted molar refractivity (Wildman–Crippen MR) is 48.8 cm³/mol. The molecule has 4 nitrogen and oxygen atoms in total. The van der Waals surface area contributed by atoms with Gasteiger partial charge in [0.15, 0.2) is 0 Å². The molecule has 0 aliphatic heterocycles. The standard InChI is InChI=1S/C9H12N2O2/c1-11(2)9(12)7-5-4-6-10-8(7)13-3/h4-6H,1-3H3. The van der Waals surface area contributed by atoms with E-state index in [0.717, 1.165) is 0 Å². The lowest BCUT2D eigenvalue weighted by Crippen LogP contribution is -2.22. The molecule has 13 heavy (non-hydrogen) atoms. The molecule has 0 aliphatic carbocycles. The molecule has 0 fully saturated rings. The number of ether oxygens (including phenoxy) is 1. The highest BCUT2D eigenvalue weighted by Crippen LogP contribution is 2.14. The summed E-state index contributed by atoms with van der Waals surface area (Å²) in [6, 6.07) is 3.40. The fraction of sp³-hybridized carbons (Fsp3) is 0.333. The molecule has 0 aliphatic rings. The smallest absolute Gasteiger partial charge is 0.258 e. The first-order valence-electron chi connectivity index (χ1n) is 3.87. The van der Waals surface area contributed by atoms with Gasteiger partial charge in [0.25, 0.3) is 5.91 Å². The van der Waals surface area contributed by atoms with Gasteiger partial charge < -0.3 is 9.64 Å². The van der Waals surface area contributed by atoms with Crippen LogP contribution in [0.2, 0.25) is 0 Å². The highest BCUT2D eigenvalue weighted by molar-refractivity contribution is 5.95. The van der Waals surface area contributed by atoms with Gasteiger partial charge in [-0.05, 0) is 12.1 Å². The molecule has 0 spiro atoms. The third-order valence-corrected chi connectivity index (χ3v) is 1.60. The van der Waals surface area contributed by atoms with E-state index in [1.807, 2.05) is 0 Å². The molecule has 0 unspecified atom stereocenters. The Morgan fingerprint density at radius 3 is 2.77 bits per heavy atom. The largest absolute Gasteiger partial charge is 0.480 e. The van der Waals surface area contributed by atoms with Crippen molar-refractivity contribution < 1.29 is 9.53 Å². The molecule has 1 aromatic rings. The Labute approximate surface area is 77.1 Å². The van der Waals surface area contributed by atoms with E-state index in [2.05, 4.69) is 4.98 Å². The number of carbonyl (C=O) groups excluding carboxylic acids is 1. The number of hydrogen-bond acceptors (Lipinski definition) is 3. The highest BCUT2D eigenvalue weighted by atomic mass is 16.5. The number of amides is 1. The summed E-state index contributed by atoms with van der Waals surface area (Å²) in [6.07, 6.45) is 1.59. The number of methoxy groups -OCH3 is 1. The molecular formula is C9H12N2O2. The minimum absolute atomic E-state index is 0.107. The van der Waals surface area contributed by atoms with Crippen molar-refractivity contribution in [2.45, 2.75) is 0 Å². The van der Waals surface area contributed by atoms with Crippen LogP contribution in [0.1, 0.15) is 10.4 Å². The Bertz CT molecular complexity index is 310. The van der Waals surface area contributed by atoms with Crippen LogP contribution in [0.15, 0.2) is 18.3 Å². The maximum atomic E-state index is 11.5. The van der Waals surface area contributed by atoms with Gasteiger partial charge in [0.1, 0.15) is 5.56 Å². The van der Waals surface area contributed by atoms with Crippen LogP contribution in [0.5, 0.6) is 5.88 Å². The number of rotatable bonds is 2. The number of hydrogen-bond donors (Lipinski definition) is 0. The van der Waals surface area contributed by atoms with Crippen LogP contribution in [-0.4, -0.2) is 37.0 Å². The summed E-state index contributed by atoms with van der Waals surface area (Å²) in [5, 5.41) is 0. The molecule has 1 rings (SSSR count). The lowest BCUT2D eigenvalue weighted by atomic mass is 10.2. The molecule has 1 heterocycles. The van der Waals surface area contributed by atoms with E-state index in [4.69, 9.17) is 4.74 Å². The van der Waals surface area contributed by atoms with Crippen LogP contribution in [0.25, 0.3) is 0 Å². The molecule has 4 heteroatoms. The number of pyridine rings is 1. The van der Waals surface area contributed by atoms with Crippen molar-refractivity contribution in [3.8, 4) is 5.88 Å². The Morgan fingerprint density at radius 1 is 1.54 bits per heavy atom. The van der Waals surface area contributed by atoms with E-state index in [1.165, 1.54) is 12.0 Å². The zero-order valence-electron chi connectivity index (χ0n) is 7.94. The summed E-state index contributed by atoms with van der Waals surface area (Å²) in [6.45, 7) is 0. The van der Waals surface area contributed by atoms with Crippen molar-refractivity contribution in [2.24, 2.45) is 0 Å². The normalized spacial score (nSPS) is 9.46. The van der Waals surface area contributed by atoms with Gasteiger partial charge in [-0.3, -0.25) is 4.79 Å². The first-order chi connectivity index (χ1) is 6.16. The molecule has 1 aromatic heterocycles. The minimum Gasteiger partial charge on any atom is -0.480 e. The molecular weight excluding hydrogens is 168 g/mol. The van der Waals surface area contributed by atoms with Gasteiger partial charge >= 0.3 is 0 Å². The van der Waals surface area contributed by atoms with Gasteiger partial charge in [-0.15, -0.1) is 0 Å². The van der Waals surface area contributed by atoms with E-state index < -0.39 is 0 Å². The lowest BCUT2D eigenvalue weighted by molar-refractivity contribution is 0.0823. The predicted octanol–water partition coefficient (Wildman–Crippen LogP) is 0.792.